The summed E-state index contributed by atoms with van der Waals surface area (Å²) in [5.74, 6) is 0.368. The number of hydrogen-bond donors (Lipinski definition) is 2. The van der Waals surface area contributed by atoms with Gasteiger partial charge >= 0.3 is 0 Å². The molecule has 1 aliphatic rings. The molecule has 25 heavy (non-hydrogen) atoms. The summed E-state index contributed by atoms with van der Waals surface area (Å²) in [7, 11) is 0. The molecule has 1 unspecified atom stereocenters. The molecule has 1 fully saturated rings. The topological polar surface area (TPSA) is 61.4 Å². The van der Waals surface area contributed by atoms with Gasteiger partial charge in [0.2, 0.25) is 5.91 Å². The number of amides is 2. The fourth-order valence-corrected chi connectivity index (χ4v) is 4.27. The molecular weight excluding hydrogens is 354 g/mol. The molecule has 132 valence electrons. The largest absolute Gasteiger partial charge is 0.333 e. The van der Waals surface area contributed by atoms with E-state index in [0.717, 1.165) is 23.8 Å². The van der Waals surface area contributed by atoms with Crippen molar-refractivity contribution in [3.05, 3.63) is 47.3 Å². The number of hydrogen-bond acceptors (Lipinski definition) is 5. The summed E-state index contributed by atoms with van der Waals surface area (Å²) in [6.07, 6.45) is 0. The molecule has 0 spiro atoms. The first kappa shape index (κ1) is 18.0. The average molecular weight is 376 g/mol. The highest BCUT2D eigenvalue weighted by molar-refractivity contribution is 8.01. The third kappa shape index (κ3) is 4.84. The van der Waals surface area contributed by atoms with E-state index in [1.54, 1.807) is 35.6 Å². The van der Waals surface area contributed by atoms with Crippen molar-refractivity contribution in [3.63, 3.8) is 0 Å². The Hall–Kier alpha value is -1.83. The van der Waals surface area contributed by atoms with E-state index in [2.05, 4.69) is 10.6 Å². The molecular formula is C18H21N3O2S2. The van der Waals surface area contributed by atoms with Crippen molar-refractivity contribution in [2.75, 3.05) is 30.7 Å². The smallest absolute Gasteiger partial charge is 0.254 e. The predicted octanol–water partition coefficient (Wildman–Crippen LogP) is 2.91. The maximum Gasteiger partial charge on any atom is 0.254 e. The predicted molar refractivity (Wildman–Crippen MR) is 103 cm³/mol. The summed E-state index contributed by atoms with van der Waals surface area (Å²) in [5, 5.41) is 8.14. The first-order chi connectivity index (χ1) is 12.1. The molecule has 1 atom stereocenters. The Morgan fingerprint density at radius 2 is 2.12 bits per heavy atom. The van der Waals surface area contributed by atoms with Crippen molar-refractivity contribution < 1.29 is 9.59 Å². The monoisotopic (exact) mass is 375 g/mol. The van der Waals surface area contributed by atoms with Crippen LogP contribution in [0, 0.1) is 0 Å². The second kappa shape index (κ2) is 8.51. The number of nitrogens with zero attached hydrogens (tertiary/aromatic N) is 1. The summed E-state index contributed by atoms with van der Waals surface area (Å²) in [6.45, 7) is 4.41. The number of carbonyl (C=O) groups is 2. The van der Waals surface area contributed by atoms with Crippen molar-refractivity contribution in [3.8, 4) is 0 Å². The third-order valence-electron chi connectivity index (χ3n) is 4.02. The first-order valence-electron chi connectivity index (χ1n) is 8.21. The summed E-state index contributed by atoms with van der Waals surface area (Å²) in [5.41, 5.74) is 1.36. The number of thioether (sulfide) groups is 1. The molecule has 0 bridgehead atoms. The lowest BCUT2D eigenvalue weighted by Crippen LogP contribution is -2.52. The molecule has 2 heterocycles. The molecule has 1 saturated heterocycles. The van der Waals surface area contributed by atoms with Crippen molar-refractivity contribution in [2.24, 2.45) is 0 Å². The van der Waals surface area contributed by atoms with Crippen LogP contribution in [0.15, 0.2) is 46.0 Å². The minimum atomic E-state index is -0.0480. The summed E-state index contributed by atoms with van der Waals surface area (Å²) in [6, 6.07) is 11.3. The average Bonchev–Trinajstić information content (AvgIpc) is 3.14. The fourth-order valence-electron chi connectivity index (χ4n) is 2.68. The Labute approximate surface area is 155 Å². The number of nitrogens with one attached hydrogen (secondary N) is 2. The fraction of sp³-hybridized carbons (Fsp3) is 0.333. The third-order valence-corrected chi connectivity index (χ3v) is 6.15. The van der Waals surface area contributed by atoms with E-state index in [4.69, 9.17) is 0 Å². The van der Waals surface area contributed by atoms with Crippen LogP contribution in [0.2, 0.25) is 0 Å². The number of rotatable bonds is 5. The van der Waals surface area contributed by atoms with E-state index < -0.39 is 0 Å². The zero-order valence-electron chi connectivity index (χ0n) is 14.0. The molecule has 2 N–H and O–H groups in total. The highest BCUT2D eigenvalue weighted by atomic mass is 32.2. The molecule has 3 rings (SSSR count). The molecule has 0 radical (unpaired) electrons. The van der Waals surface area contributed by atoms with E-state index >= 15 is 0 Å². The lowest BCUT2D eigenvalue weighted by atomic mass is 10.1. The molecule has 5 nitrogen and oxygen atoms in total. The van der Waals surface area contributed by atoms with Gasteiger partial charge in [0.15, 0.2) is 0 Å². The molecule has 2 aromatic rings. The van der Waals surface area contributed by atoms with Gasteiger partial charge in [0, 0.05) is 36.9 Å². The van der Waals surface area contributed by atoms with Crippen LogP contribution in [0.5, 0.6) is 0 Å². The van der Waals surface area contributed by atoms with Gasteiger partial charge in [-0.25, -0.2) is 0 Å². The van der Waals surface area contributed by atoms with Crippen molar-refractivity contribution in [2.45, 2.75) is 17.2 Å². The molecule has 1 aromatic heterocycles. The van der Waals surface area contributed by atoms with E-state index in [1.807, 2.05) is 29.3 Å². The van der Waals surface area contributed by atoms with E-state index in [9.17, 15) is 9.59 Å². The first-order valence-corrected chi connectivity index (χ1v) is 10.1. The highest BCUT2D eigenvalue weighted by Gasteiger charge is 2.23. The van der Waals surface area contributed by atoms with Gasteiger partial charge < -0.3 is 15.5 Å². The molecule has 7 heteroatoms. The van der Waals surface area contributed by atoms with E-state index in [-0.39, 0.29) is 17.9 Å². The molecule has 1 aromatic carbocycles. The zero-order valence-corrected chi connectivity index (χ0v) is 15.7. The normalized spacial score (nSPS) is 17.3. The second-order valence-electron chi connectivity index (χ2n) is 5.90. The summed E-state index contributed by atoms with van der Waals surface area (Å²) in [4.78, 5) is 26.5. The molecule has 1 aliphatic heterocycles. The Morgan fingerprint density at radius 3 is 2.80 bits per heavy atom. The lowest BCUT2D eigenvalue weighted by molar-refractivity contribution is -0.113. The van der Waals surface area contributed by atoms with Gasteiger partial charge in [-0.3, -0.25) is 9.59 Å². The Bertz CT molecular complexity index is 716. The molecule has 0 aliphatic carbocycles. The van der Waals surface area contributed by atoms with Crippen LogP contribution >= 0.6 is 23.1 Å². The van der Waals surface area contributed by atoms with Gasteiger partial charge in [0.25, 0.3) is 5.91 Å². The SMILES string of the molecule is CC1CNCCN1C(=O)c1ccc(NC(=O)CSc2cccs2)cc1. The molecule has 0 saturated carbocycles. The highest BCUT2D eigenvalue weighted by Crippen LogP contribution is 2.23. The number of benzene rings is 1. The number of thiophene rings is 1. The van der Waals surface area contributed by atoms with Crippen LogP contribution in [0.1, 0.15) is 17.3 Å². The maximum atomic E-state index is 12.6. The van der Waals surface area contributed by atoms with Crippen LogP contribution in [-0.4, -0.2) is 48.1 Å². The lowest BCUT2D eigenvalue weighted by Gasteiger charge is -2.34. The quantitative estimate of drug-likeness (QED) is 0.789. The van der Waals surface area contributed by atoms with Crippen LogP contribution < -0.4 is 10.6 Å². The number of carbonyl (C=O) groups excluding carboxylic acids is 2. The number of piperazine rings is 1. The van der Waals surface area contributed by atoms with Gasteiger partial charge in [0.05, 0.1) is 9.96 Å². The van der Waals surface area contributed by atoms with Crippen molar-refractivity contribution >= 4 is 40.6 Å². The Morgan fingerprint density at radius 1 is 1.32 bits per heavy atom. The Balaban J connectivity index is 1.54. The molecule has 2 amide bonds. The standard InChI is InChI=1S/C18H21N3O2S2/c1-13-11-19-8-9-21(13)18(23)14-4-6-15(7-5-14)20-16(22)12-25-17-3-2-10-24-17/h2-7,10,13,19H,8-9,11-12H2,1H3,(H,20,22). The van der Waals surface area contributed by atoms with Crippen LogP contribution in [0.3, 0.4) is 0 Å². The second-order valence-corrected chi connectivity index (χ2v) is 8.12. The van der Waals surface area contributed by atoms with Gasteiger partial charge in [-0.1, -0.05) is 6.07 Å². The van der Waals surface area contributed by atoms with Crippen LogP contribution in [-0.2, 0) is 4.79 Å². The van der Waals surface area contributed by atoms with Gasteiger partial charge in [-0.05, 0) is 42.6 Å². The Kier molecular flexibility index (Phi) is 6.12. The van der Waals surface area contributed by atoms with Crippen molar-refractivity contribution in [1.82, 2.24) is 10.2 Å². The van der Waals surface area contributed by atoms with Crippen LogP contribution in [0.4, 0.5) is 5.69 Å². The van der Waals surface area contributed by atoms with Crippen LogP contribution in [0.25, 0.3) is 0 Å². The number of anilines is 1. The minimum absolute atomic E-state index is 0.0418. The van der Waals surface area contributed by atoms with Crippen molar-refractivity contribution in [1.29, 1.82) is 0 Å². The minimum Gasteiger partial charge on any atom is -0.333 e. The summed E-state index contributed by atoms with van der Waals surface area (Å²) >= 11 is 3.15. The summed E-state index contributed by atoms with van der Waals surface area (Å²) < 4.78 is 1.13. The van der Waals surface area contributed by atoms with E-state index in [1.165, 1.54) is 11.8 Å². The zero-order chi connectivity index (χ0) is 17.6. The van der Waals surface area contributed by atoms with Gasteiger partial charge in [-0.2, -0.15) is 0 Å². The van der Waals surface area contributed by atoms with E-state index in [0.29, 0.717) is 17.0 Å². The van der Waals surface area contributed by atoms with Gasteiger partial charge in [0.1, 0.15) is 0 Å². The van der Waals surface area contributed by atoms with Gasteiger partial charge in [-0.15, -0.1) is 23.1 Å². The maximum absolute atomic E-state index is 12.6.